The summed E-state index contributed by atoms with van der Waals surface area (Å²) in [5.41, 5.74) is -0.196. The van der Waals surface area contributed by atoms with Crippen molar-refractivity contribution in [2.45, 2.75) is 51.3 Å². The standard InChI is InChI=1S/C9H17BO2/c1-4-9(5-2)6(3)7(11)8(10)12-9/h6-8,11H,4-5H2,1-3H3/t6?,7?,8-/m1/s1. The summed E-state index contributed by atoms with van der Waals surface area (Å²) in [5, 5.41) is 9.61. The Morgan fingerprint density at radius 3 is 2.08 bits per heavy atom. The molecule has 1 N–H and O–H groups in total. The molecule has 1 aliphatic rings. The highest BCUT2D eigenvalue weighted by Crippen LogP contribution is 2.39. The minimum Gasteiger partial charge on any atom is -0.391 e. The first-order valence-electron chi connectivity index (χ1n) is 4.69. The maximum absolute atomic E-state index is 9.61. The fourth-order valence-electron chi connectivity index (χ4n) is 2.10. The van der Waals surface area contributed by atoms with Crippen LogP contribution >= 0.6 is 0 Å². The minimum absolute atomic E-state index is 0.141. The van der Waals surface area contributed by atoms with E-state index in [1.165, 1.54) is 0 Å². The van der Waals surface area contributed by atoms with Crippen LogP contribution in [-0.4, -0.2) is 30.7 Å². The highest BCUT2D eigenvalue weighted by molar-refractivity contribution is 6.11. The topological polar surface area (TPSA) is 29.5 Å². The van der Waals surface area contributed by atoms with Gasteiger partial charge in [-0.25, -0.2) is 0 Å². The zero-order valence-corrected chi connectivity index (χ0v) is 8.08. The van der Waals surface area contributed by atoms with Crippen LogP contribution in [0.2, 0.25) is 0 Å². The Bertz CT molecular complexity index is 157. The summed E-state index contributed by atoms with van der Waals surface area (Å²) < 4.78 is 5.60. The molecule has 0 aromatic heterocycles. The molecular weight excluding hydrogens is 151 g/mol. The first-order chi connectivity index (χ1) is 5.57. The predicted molar refractivity (Wildman–Crippen MR) is 49.1 cm³/mol. The van der Waals surface area contributed by atoms with Crippen LogP contribution in [0.15, 0.2) is 0 Å². The summed E-state index contributed by atoms with van der Waals surface area (Å²) in [7, 11) is 5.62. The SMILES string of the molecule is [B][C@@H]1OC(CC)(CC)C(C)C1O. The maximum atomic E-state index is 9.61. The smallest absolute Gasteiger partial charge is 0.112 e. The molecule has 12 heavy (non-hydrogen) atoms. The van der Waals surface area contributed by atoms with Crippen molar-refractivity contribution in [3.8, 4) is 0 Å². The molecular formula is C9H17BO2. The number of aliphatic hydroxyl groups is 1. The molecule has 2 nitrogen and oxygen atoms in total. The Balaban J connectivity index is 2.79. The van der Waals surface area contributed by atoms with Gasteiger partial charge in [-0.1, -0.05) is 20.8 Å². The maximum Gasteiger partial charge on any atom is 0.112 e. The molecule has 0 amide bonds. The lowest BCUT2D eigenvalue weighted by Gasteiger charge is -2.30. The van der Waals surface area contributed by atoms with Gasteiger partial charge in [0.05, 0.1) is 11.7 Å². The quantitative estimate of drug-likeness (QED) is 0.625. The third-order valence-electron chi connectivity index (χ3n) is 3.25. The molecule has 0 aromatic carbocycles. The number of aliphatic hydroxyl groups excluding tert-OH is 1. The zero-order valence-electron chi connectivity index (χ0n) is 8.08. The average molecular weight is 168 g/mol. The Kier molecular flexibility index (Phi) is 2.84. The molecule has 68 valence electrons. The average Bonchev–Trinajstić information content (AvgIpc) is 2.30. The first-order valence-corrected chi connectivity index (χ1v) is 4.69. The number of hydrogen-bond donors (Lipinski definition) is 1. The second-order valence-electron chi connectivity index (χ2n) is 3.63. The molecule has 3 atom stereocenters. The Morgan fingerprint density at radius 1 is 1.42 bits per heavy atom. The lowest BCUT2D eigenvalue weighted by Crippen LogP contribution is -2.35. The van der Waals surface area contributed by atoms with Crippen LogP contribution < -0.4 is 0 Å². The third kappa shape index (κ3) is 1.29. The second-order valence-corrected chi connectivity index (χ2v) is 3.63. The molecule has 1 saturated heterocycles. The summed E-state index contributed by atoms with van der Waals surface area (Å²) in [5.74, 6) is 0.141. The van der Waals surface area contributed by atoms with Crippen molar-refractivity contribution in [3.05, 3.63) is 0 Å². The van der Waals surface area contributed by atoms with Crippen LogP contribution in [0.5, 0.6) is 0 Å². The summed E-state index contributed by atoms with van der Waals surface area (Å²) in [6.45, 7) is 6.15. The first kappa shape index (κ1) is 10.1. The molecule has 2 radical (unpaired) electrons. The van der Waals surface area contributed by atoms with Crippen molar-refractivity contribution >= 4 is 7.85 Å². The van der Waals surface area contributed by atoms with Crippen molar-refractivity contribution in [2.75, 3.05) is 0 Å². The molecule has 0 aliphatic carbocycles. The molecule has 0 bridgehead atoms. The molecule has 1 heterocycles. The Hall–Kier alpha value is -0.0151. The van der Waals surface area contributed by atoms with Crippen molar-refractivity contribution < 1.29 is 9.84 Å². The third-order valence-corrected chi connectivity index (χ3v) is 3.25. The van der Waals surface area contributed by atoms with Gasteiger partial charge >= 0.3 is 0 Å². The van der Waals surface area contributed by atoms with Crippen molar-refractivity contribution in [1.29, 1.82) is 0 Å². The van der Waals surface area contributed by atoms with E-state index in [0.717, 1.165) is 12.8 Å². The van der Waals surface area contributed by atoms with Crippen LogP contribution in [0.3, 0.4) is 0 Å². The van der Waals surface area contributed by atoms with Crippen molar-refractivity contribution in [3.63, 3.8) is 0 Å². The van der Waals surface area contributed by atoms with Gasteiger partial charge in [0.25, 0.3) is 0 Å². The summed E-state index contributed by atoms with van der Waals surface area (Å²) >= 11 is 0. The van der Waals surface area contributed by atoms with E-state index in [1.807, 2.05) is 6.92 Å². The fraction of sp³-hybridized carbons (Fsp3) is 1.00. The van der Waals surface area contributed by atoms with E-state index in [1.54, 1.807) is 0 Å². The monoisotopic (exact) mass is 168 g/mol. The van der Waals surface area contributed by atoms with Crippen LogP contribution in [0.25, 0.3) is 0 Å². The van der Waals surface area contributed by atoms with Crippen LogP contribution in [0, 0.1) is 5.92 Å². The second kappa shape index (κ2) is 3.39. The van der Waals surface area contributed by atoms with E-state index in [0.29, 0.717) is 0 Å². The van der Waals surface area contributed by atoms with Crippen molar-refractivity contribution in [1.82, 2.24) is 0 Å². The minimum atomic E-state index is -0.509. The number of rotatable bonds is 2. The predicted octanol–water partition coefficient (Wildman–Crippen LogP) is 1.07. The summed E-state index contributed by atoms with van der Waals surface area (Å²) in [4.78, 5) is 0. The van der Waals surface area contributed by atoms with E-state index in [2.05, 4.69) is 13.8 Å². The van der Waals surface area contributed by atoms with Gasteiger partial charge in [0, 0.05) is 11.9 Å². The molecule has 0 spiro atoms. The van der Waals surface area contributed by atoms with Gasteiger partial charge in [0.15, 0.2) is 0 Å². The van der Waals surface area contributed by atoms with Gasteiger partial charge in [-0.3, -0.25) is 0 Å². The van der Waals surface area contributed by atoms with Gasteiger partial charge in [0.2, 0.25) is 0 Å². The van der Waals surface area contributed by atoms with Gasteiger partial charge in [-0.15, -0.1) is 0 Å². The molecule has 2 unspecified atom stereocenters. The van der Waals surface area contributed by atoms with E-state index < -0.39 is 12.1 Å². The van der Waals surface area contributed by atoms with Gasteiger partial charge in [-0.05, 0) is 12.8 Å². The van der Waals surface area contributed by atoms with Crippen molar-refractivity contribution in [2.24, 2.45) is 5.92 Å². The molecule has 0 saturated carbocycles. The van der Waals surface area contributed by atoms with E-state index in [4.69, 9.17) is 12.6 Å². The van der Waals surface area contributed by atoms with Crippen LogP contribution in [0.1, 0.15) is 33.6 Å². The van der Waals surface area contributed by atoms with E-state index in [-0.39, 0.29) is 11.5 Å². The highest BCUT2D eigenvalue weighted by atomic mass is 16.5. The fourth-order valence-corrected chi connectivity index (χ4v) is 2.10. The van der Waals surface area contributed by atoms with Gasteiger partial charge < -0.3 is 9.84 Å². The number of hydrogen-bond acceptors (Lipinski definition) is 2. The Labute approximate surface area is 75.7 Å². The van der Waals surface area contributed by atoms with Crippen LogP contribution in [0.4, 0.5) is 0 Å². The largest absolute Gasteiger partial charge is 0.391 e. The molecule has 1 aliphatic heterocycles. The van der Waals surface area contributed by atoms with E-state index >= 15 is 0 Å². The molecule has 0 aromatic rings. The molecule has 1 rings (SSSR count). The number of ether oxygens (including phenoxy) is 1. The summed E-state index contributed by atoms with van der Waals surface area (Å²) in [6, 6.07) is -0.500. The summed E-state index contributed by atoms with van der Waals surface area (Å²) in [6.07, 6.45) is 1.31. The van der Waals surface area contributed by atoms with Crippen LogP contribution in [-0.2, 0) is 4.74 Å². The van der Waals surface area contributed by atoms with E-state index in [9.17, 15) is 5.11 Å². The van der Waals surface area contributed by atoms with Gasteiger partial charge in [0.1, 0.15) is 7.85 Å². The lowest BCUT2D eigenvalue weighted by molar-refractivity contribution is -0.0374. The molecule has 1 fully saturated rings. The van der Waals surface area contributed by atoms with Gasteiger partial charge in [-0.2, -0.15) is 0 Å². The Morgan fingerprint density at radius 2 is 1.92 bits per heavy atom. The normalized spacial score (nSPS) is 40.2. The highest BCUT2D eigenvalue weighted by Gasteiger charge is 2.47. The zero-order chi connectivity index (χ0) is 9.35. The molecule has 3 heteroatoms. The lowest BCUT2D eigenvalue weighted by atomic mass is 9.80.